The Morgan fingerprint density at radius 2 is 2.00 bits per heavy atom. The number of benzene rings is 1. The number of primary amides is 1. The minimum absolute atomic E-state index is 0.0401. The summed E-state index contributed by atoms with van der Waals surface area (Å²) in [5, 5.41) is 2.83. The van der Waals surface area contributed by atoms with Crippen molar-refractivity contribution in [3.8, 4) is 0 Å². The highest BCUT2D eigenvalue weighted by molar-refractivity contribution is 6.29. The lowest BCUT2D eigenvalue weighted by atomic mass is 10.1. The zero-order valence-corrected chi connectivity index (χ0v) is 11.9. The van der Waals surface area contributed by atoms with E-state index in [4.69, 9.17) is 17.3 Å². The van der Waals surface area contributed by atoms with Gasteiger partial charge in [-0.05, 0) is 17.7 Å². The molecule has 0 saturated carbocycles. The van der Waals surface area contributed by atoms with Crippen molar-refractivity contribution in [2.45, 2.75) is 12.7 Å². The van der Waals surface area contributed by atoms with Gasteiger partial charge in [0.2, 0.25) is 0 Å². The van der Waals surface area contributed by atoms with Crippen LogP contribution < -0.4 is 11.1 Å². The molecule has 0 aliphatic carbocycles. The van der Waals surface area contributed by atoms with Crippen molar-refractivity contribution >= 4 is 23.2 Å². The van der Waals surface area contributed by atoms with E-state index in [1.54, 1.807) is 0 Å². The van der Waals surface area contributed by atoms with Gasteiger partial charge in [-0.1, -0.05) is 29.8 Å². The van der Waals surface area contributed by atoms with E-state index in [0.717, 1.165) is 6.07 Å². The van der Waals surface area contributed by atoms with Crippen LogP contribution in [0.3, 0.4) is 0 Å². The van der Waals surface area contributed by atoms with Crippen molar-refractivity contribution in [2.24, 2.45) is 5.73 Å². The molecule has 0 aliphatic rings. The second-order valence-corrected chi connectivity index (χ2v) is 4.81. The minimum Gasteiger partial charge on any atom is -0.380 e. The molecule has 1 aromatic heterocycles. The third-order valence-corrected chi connectivity index (χ3v) is 3.13. The van der Waals surface area contributed by atoms with Crippen molar-refractivity contribution in [2.75, 3.05) is 5.32 Å². The first-order valence-electron chi connectivity index (χ1n) is 6.13. The number of carbonyl (C=O) groups excluding carboxylic acids is 1. The van der Waals surface area contributed by atoms with Crippen molar-refractivity contribution in [1.82, 2.24) is 4.98 Å². The highest BCUT2D eigenvalue weighted by Gasteiger charge is 2.32. The molecule has 0 fully saturated rings. The predicted molar refractivity (Wildman–Crippen MR) is 76.5 cm³/mol. The molecule has 0 unspecified atom stereocenters. The summed E-state index contributed by atoms with van der Waals surface area (Å²) in [5.74, 6) is -0.754. The molecule has 116 valence electrons. The summed E-state index contributed by atoms with van der Waals surface area (Å²) in [7, 11) is 0. The summed E-state index contributed by atoms with van der Waals surface area (Å²) in [6, 6.07) is 6.48. The van der Waals surface area contributed by atoms with Crippen molar-refractivity contribution in [3.05, 3.63) is 58.4 Å². The zero-order valence-electron chi connectivity index (χ0n) is 11.1. The highest BCUT2D eigenvalue weighted by atomic mass is 35.5. The fourth-order valence-electron chi connectivity index (χ4n) is 1.91. The minimum atomic E-state index is -4.46. The Bertz CT molecular complexity index is 704. The number of anilines is 1. The summed E-state index contributed by atoms with van der Waals surface area (Å²) in [4.78, 5) is 15.0. The molecule has 0 bridgehead atoms. The zero-order chi connectivity index (χ0) is 16.3. The first-order chi connectivity index (χ1) is 10.3. The van der Waals surface area contributed by atoms with Crippen LogP contribution in [0, 0.1) is 0 Å². The largest absolute Gasteiger partial charge is 0.416 e. The fourth-order valence-corrected chi connectivity index (χ4v) is 2.07. The molecule has 1 aromatic carbocycles. The molecule has 2 aromatic rings. The number of hydrogen-bond acceptors (Lipinski definition) is 3. The molecule has 3 N–H and O–H groups in total. The number of nitrogens with zero attached hydrogens (tertiary/aromatic N) is 1. The molecule has 1 heterocycles. The van der Waals surface area contributed by atoms with E-state index in [-0.39, 0.29) is 28.5 Å². The van der Waals surface area contributed by atoms with Crippen LogP contribution in [0.4, 0.5) is 18.9 Å². The van der Waals surface area contributed by atoms with E-state index >= 15 is 0 Å². The van der Waals surface area contributed by atoms with E-state index in [0.29, 0.717) is 0 Å². The van der Waals surface area contributed by atoms with Gasteiger partial charge >= 0.3 is 6.18 Å². The number of pyridine rings is 1. The van der Waals surface area contributed by atoms with E-state index in [2.05, 4.69) is 10.3 Å². The molecular weight excluding hydrogens is 319 g/mol. The standard InChI is InChI=1S/C14H11ClF3N3O/c15-12-5-11(9(7-21-12)13(19)22)20-6-8-3-1-2-4-10(8)14(16,17)18/h1-5,7H,6H2,(H2,19,22)(H,20,21). The molecular formula is C14H11ClF3N3O. The number of nitrogens with one attached hydrogen (secondary N) is 1. The van der Waals surface area contributed by atoms with E-state index in [9.17, 15) is 18.0 Å². The Hall–Kier alpha value is -2.28. The van der Waals surface area contributed by atoms with Crippen LogP contribution in [0.15, 0.2) is 36.5 Å². The van der Waals surface area contributed by atoms with Crippen LogP contribution in [0.2, 0.25) is 5.15 Å². The van der Waals surface area contributed by atoms with E-state index < -0.39 is 17.6 Å². The summed E-state index contributed by atoms with van der Waals surface area (Å²) < 4.78 is 38.7. The van der Waals surface area contributed by atoms with Crippen LogP contribution in [0.1, 0.15) is 21.5 Å². The van der Waals surface area contributed by atoms with Crippen LogP contribution in [-0.2, 0) is 12.7 Å². The van der Waals surface area contributed by atoms with Crippen molar-refractivity contribution in [1.29, 1.82) is 0 Å². The molecule has 0 aliphatic heterocycles. The van der Waals surface area contributed by atoms with Crippen LogP contribution in [-0.4, -0.2) is 10.9 Å². The van der Waals surface area contributed by atoms with Gasteiger partial charge in [-0.2, -0.15) is 13.2 Å². The van der Waals surface area contributed by atoms with Gasteiger partial charge in [0.25, 0.3) is 5.91 Å². The van der Waals surface area contributed by atoms with Crippen LogP contribution >= 0.6 is 11.6 Å². The van der Waals surface area contributed by atoms with Gasteiger partial charge in [0.05, 0.1) is 16.8 Å². The topological polar surface area (TPSA) is 68.0 Å². The van der Waals surface area contributed by atoms with Gasteiger partial charge in [0, 0.05) is 12.7 Å². The molecule has 0 atom stereocenters. The van der Waals surface area contributed by atoms with Crippen molar-refractivity contribution < 1.29 is 18.0 Å². The molecule has 0 spiro atoms. The van der Waals surface area contributed by atoms with E-state index in [1.165, 1.54) is 30.5 Å². The second kappa shape index (κ2) is 6.23. The van der Waals surface area contributed by atoms with Gasteiger partial charge in [-0.15, -0.1) is 0 Å². The molecule has 1 amide bonds. The Morgan fingerprint density at radius 1 is 1.32 bits per heavy atom. The Morgan fingerprint density at radius 3 is 2.64 bits per heavy atom. The average molecular weight is 330 g/mol. The maximum absolute atomic E-state index is 12.9. The van der Waals surface area contributed by atoms with Crippen molar-refractivity contribution in [3.63, 3.8) is 0 Å². The summed E-state index contributed by atoms with van der Waals surface area (Å²) in [5.41, 5.74) is 4.76. The first kappa shape index (κ1) is 16.1. The predicted octanol–water partition coefficient (Wildman–Crippen LogP) is 3.46. The number of nitrogens with two attached hydrogens (primary N) is 1. The number of aromatic nitrogens is 1. The van der Waals surface area contributed by atoms with Gasteiger partial charge in [-0.3, -0.25) is 4.79 Å². The lowest BCUT2D eigenvalue weighted by Crippen LogP contribution is -2.16. The molecule has 22 heavy (non-hydrogen) atoms. The average Bonchev–Trinajstić information content (AvgIpc) is 2.44. The number of halogens is 4. The van der Waals surface area contributed by atoms with Gasteiger partial charge in [-0.25, -0.2) is 4.98 Å². The summed E-state index contributed by atoms with van der Waals surface area (Å²) >= 11 is 5.72. The molecule has 8 heteroatoms. The SMILES string of the molecule is NC(=O)c1cnc(Cl)cc1NCc1ccccc1C(F)(F)F. The Balaban J connectivity index is 2.28. The first-order valence-corrected chi connectivity index (χ1v) is 6.51. The van der Waals surface area contributed by atoms with Gasteiger partial charge in [0.1, 0.15) is 5.15 Å². The third kappa shape index (κ3) is 3.67. The maximum Gasteiger partial charge on any atom is 0.416 e. The molecule has 0 radical (unpaired) electrons. The Kier molecular flexibility index (Phi) is 4.56. The van der Waals surface area contributed by atoms with E-state index in [1.807, 2.05) is 0 Å². The summed E-state index contributed by atoms with van der Waals surface area (Å²) in [6.07, 6.45) is -3.29. The monoisotopic (exact) mass is 329 g/mol. The molecule has 0 saturated heterocycles. The van der Waals surface area contributed by atoms with Crippen LogP contribution in [0.5, 0.6) is 0 Å². The fraction of sp³-hybridized carbons (Fsp3) is 0.143. The number of hydrogen-bond donors (Lipinski definition) is 2. The normalized spacial score (nSPS) is 11.3. The van der Waals surface area contributed by atoms with Crippen LogP contribution in [0.25, 0.3) is 0 Å². The maximum atomic E-state index is 12.9. The molecule has 2 rings (SSSR count). The number of alkyl halides is 3. The number of carbonyl (C=O) groups is 1. The quantitative estimate of drug-likeness (QED) is 0.844. The Labute approximate surface area is 129 Å². The lowest BCUT2D eigenvalue weighted by molar-refractivity contribution is -0.138. The third-order valence-electron chi connectivity index (χ3n) is 2.93. The lowest BCUT2D eigenvalue weighted by Gasteiger charge is -2.15. The molecule has 4 nitrogen and oxygen atoms in total. The van der Waals surface area contributed by atoms with Gasteiger partial charge < -0.3 is 11.1 Å². The number of rotatable bonds is 4. The van der Waals surface area contributed by atoms with Gasteiger partial charge in [0.15, 0.2) is 0 Å². The summed E-state index contributed by atoms with van der Waals surface area (Å²) in [6.45, 7) is -0.143. The second-order valence-electron chi connectivity index (χ2n) is 4.43. The highest BCUT2D eigenvalue weighted by Crippen LogP contribution is 2.32. The number of amides is 1. The smallest absolute Gasteiger partial charge is 0.380 e.